The number of sulfonamides is 1. The van der Waals surface area contributed by atoms with Gasteiger partial charge in [0.15, 0.2) is 0 Å². The highest BCUT2D eigenvalue weighted by atomic mass is 32.2. The van der Waals surface area contributed by atoms with E-state index in [1.165, 1.54) is 47.4 Å². The molecular formula is C24H22N4O4S2. The monoisotopic (exact) mass is 494 g/mol. The zero-order valence-corrected chi connectivity index (χ0v) is 19.9. The molecule has 1 amide bonds. The van der Waals surface area contributed by atoms with Crippen molar-refractivity contribution in [3.8, 4) is 0 Å². The minimum atomic E-state index is -3.71. The third kappa shape index (κ3) is 5.90. The highest BCUT2D eigenvalue weighted by molar-refractivity contribution is 7.98. The van der Waals surface area contributed by atoms with E-state index in [2.05, 4.69) is 15.5 Å². The number of carbonyl (C=O) groups excluding carboxylic acids is 1. The fourth-order valence-electron chi connectivity index (χ4n) is 3.08. The van der Waals surface area contributed by atoms with Gasteiger partial charge in [0.05, 0.1) is 10.6 Å². The van der Waals surface area contributed by atoms with E-state index in [0.717, 1.165) is 10.5 Å². The zero-order chi connectivity index (χ0) is 24.0. The van der Waals surface area contributed by atoms with Crippen LogP contribution >= 0.6 is 11.8 Å². The molecule has 0 unspecified atom stereocenters. The predicted octanol–water partition coefficient (Wildman–Crippen LogP) is 4.43. The van der Waals surface area contributed by atoms with Gasteiger partial charge in [-0.15, -0.1) is 16.9 Å². The summed E-state index contributed by atoms with van der Waals surface area (Å²) in [6.45, 7) is 0.244. The van der Waals surface area contributed by atoms with Crippen LogP contribution in [0.25, 0.3) is 0 Å². The van der Waals surface area contributed by atoms with E-state index >= 15 is 0 Å². The molecule has 4 aromatic rings. The Morgan fingerprint density at radius 2 is 1.59 bits per heavy atom. The Bertz CT molecular complexity index is 1340. The largest absolute Gasteiger partial charge is 0.407 e. The molecule has 1 heterocycles. The fourth-order valence-corrected chi connectivity index (χ4v) is 4.99. The molecule has 4 rings (SSSR count). The van der Waals surface area contributed by atoms with Gasteiger partial charge in [0.1, 0.15) is 0 Å². The van der Waals surface area contributed by atoms with Crippen LogP contribution in [-0.4, -0.2) is 35.9 Å². The lowest BCUT2D eigenvalue weighted by Crippen LogP contribution is -2.26. The van der Waals surface area contributed by atoms with E-state index in [-0.39, 0.29) is 23.0 Å². The van der Waals surface area contributed by atoms with Crippen LogP contribution in [0, 0.1) is 0 Å². The molecule has 0 radical (unpaired) electrons. The van der Waals surface area contributed by atoms with Crippen LogP contribution in [0.2, 0.25) is 0 Å². The summed E-state index contributed by atoms with van der Waals surface area (Å²) in [5.74, 6) is 0.371. The number of anilines is 1. The van der Waals surface area contributed by atoms with Gasteiger partial charge in [-0.3, -0.25) is 10.1 Å². The maximum absolute atomic E-state index is 12.9. The number of nitrogens with one attached hydrogen (secondary N) is 1. The highest BCUT2D eigenvalue weighted by Crippen LogP contribution is 2.23. The molecule has 34 heavy (non-hydrogen) atoms. The van der Waals surface area contributed by atoms with Gasteiger partial charge in [0.2, 0.25) is 15.9 Å². The lowest BCUT2D eigenvalue weighted by Gasteiger charge is -2.17. The Morgan fingerprint density at radius 3 is 2.26 bits per heavy atom. The van der Waals surface area contributed by atoms with Crippen molar-refractivity contribution >= 4 is 33.7 Å². The molecule has 0 aliphatic carbocycles. The van der Waals surface area contributed by atoms with Crippen molar-refractivity contribution < 1.29 is 17.6 Å². The summed E-state index contributed by atoms with van der Waals surface area (Å²) in [7, 11) is -2.19. The van der Waals surface area contributed by atoms with Crippen molar-refractivity contribution in [3.63, 3.8) is 0 Å². The standard InChI is InChI=1S/C24H22N4O4S2/c1-28(16-18-8-4-2-5-9-18)34(30,31)21-14-12-19(13-15-21)23(29)25-24-27-26-22(32-24)17-33-20-10-6-3-7-11-20/h2-15H,16-17H2,1H3,(H,25,27,29). The van der Waals surface area contributed by atoms with Crippen molar-refractivity contribution in [1.82, 2.24) is 14.5 Å². The zero-order valence-electron chi connectivity index (χ0n) is 18.3. The maximum Gasteiger partial charge on any atom is 0.322 e. The van der Waals surface area contributed by atoms with Gasteiger partial charge in [0.25, 0.3) is 5.91 Å². The third-order valence-corrected chi connectivity index (χ3v) is 7.68. The topological polar surface area (TPSA) is 105 Å². The van der Waals surface area contributed by atoms with Gasteiger partial charge < -0.3 is 4.42 Å². The van der Waals surface area contributed by atoms with E-state index in [4.69, 9.17) is 4.42 Å². The normalized spacial score (nSPS) is 11.5. The first-order chi connectivity index (χ1) is 16.4. The minimum Gasteiger partial charge on any atom is -0.407 e. The van der Waals surface area contributed by atoms with Crippen LogP contribution in [0.4, 0.5) is 6.01 Å². The highest BCUT2D eigenvalue weighted by Gasteiger charge is 2.21. The molecule has 0 saturated carbocycles. The summed E-state index contributed by atoms with van der Waals surface area (Å²) in [6.07, 6.45) is 0. The molecule has 8 nitrogen and oxygen atoms in total. The summed E-state index contributed by atoms with van der Waals surface area (Å²) >= 11 is 1.54. The molecule has 1 aromatic heterocycles. The van der Waals surface area contributed by atoms with Crippen LogP contribution in [-0.2, 0) is 22.3 Å². The number of carbonyl (C=O) groups is 1. The molecule has 3 aromatic carbocycles. The lowest BCUT2D eigenvalue weighted by molar-refractivity contribution is 0.102. The average Bonchev–Trinajstić information content (AvgIpc) is 3.31. The molecular weight excluding hydrogens is 472 g/mol. The molecule has 1 N–H and O–H groups in total. The van der Waals surface area contributed by atoms with E-state index in [9.17, 15) is 13.2 Å². The summed E-state index contributed by atoms with van der Waals surface area (Å²) in [6, 6.07) is 24.8. The number of hydrogen-bond donors (Lipinski definition) is 1. The summed E-state index contributed by atoms with van der Waals surface area (Å²) in [5.41, 5.74) is 1.15. The second-order valence-corrected chi connectivity index (χ2v) is 10.4. The van der Waals surface area contributed by atoms with Gasteiger partial charge in [0, 0.05) is 24.1 Å². The predicted molar refractivity (Wildman–Crippen MR) is 130 cm³/mol. The number of hydrogen-bond acceptors (Lipinski definition) is 7. The molecule has 0 fully saturated rings. The average molecular weight is 495 g/mol. The third-order valence-electron chi connectivity index (χ3n) is 4.87. The Balaban J connectivity index is 1.36. The second kappa shape index (κ2) is 10.6. The minimum absolute atomic E-state index is 0.0204. The fraction of sp³-hybridized carbons (Fsp3) is 0.125. The number of rotatable bonds is 9. The van der Waals surface area contributed by atoms with Gasteiger partial charge in [-0.2, -0.15) is 4.31 Å². The summed E-state index contributed by atoms with van der Waals surface area (Å²) < 4.78 is 32.5. The SMILES string of the molecule is CN(Cc1ccccc1)S(=O)(=O)c1ccc(C(=O)Nc2nnc(CSc3ccccc3)o2)cc1. The summed E-state index contributed by atoms with van der Waals surface area (Å²) in [4.78, 5) is 13.7. The second-order valence-electron chi connectivity index (χ2n) is 7.33. The summed E-state index contributed by atoms with van der Waals surface area (Å²) in [5, 5.41) is 10.3. The molecule has 0 atom stereocenters. The van der Waals surface area contributed by atoms with Gasteiger partial charge in [-0.25, -0.2) is 8.42 Å². The van der Waals surface area contributed by atoms with E-state index in [1.54, 1.807) is 0 Å². The van der Waals surface area contributed by atoms with E-state index < -0.39 is 15.9 Å². The van der Waals surface area contributed by atoms with Gasteiger partial charge in [-0.1, -0.05) is 53.6 Å². The Kier molecular flexibility index (Phi) is 7.41. The van der Waals surface area contributed by atoms with Gasteiger partial charge >= 0.3 is 6.01 Å². The van der Waals surface area contributed by atoms with Crippen LogP contribution < -0.4 is 5.32 Å². The Morgan fingerprint density at radius 1 is 0.941 bits per heavy atom. The number of aromatic nitrogens is 2. The van der Waals surface area contributed by atoms with Crippen molar-refractivity contribution in [2.24, 2.45) is 0 Å². The molecule has 0 bridgehead atoms. The molecule has 0 saturated heterocycles. The maximum atomic E-state index is 12.9. The van der Waals surface area contributed by atoms with Crippen LogP contribution in [0.15, 0.2) is 99.1 Å². The number of nitrogens with zero attached hydrogens (tertiary/aromatic N) is 3. The molecule has 0 spiro atoms. The first-order valence-electron chi connectivity index (χ1n) is 10.3. The Labute approximate surface area is 202 Å². The van der Waals surface area contributed by atoms with Gasteiger partial charge in [-0.05, 0) is 42.0 Å². The van der Waals surface area contributed by atoms with Crippen LogP contribution in [0.3, 0.4) is 0 Å². The molecule has 0 aliphatic heterocycles. The Hall–Kier alpha value is -3.47. The molecule has 174 valence electrons. The van der Waals surface area contributed by atoms with E-state index in [1.807, 2.05) is 60.7 Å². The van der Waals surface area contributed by atoms with Crippen molar-refractivity contribution in [3.05, 3.63) is 102 Å². The number of benzene rings is 3. The van der Waals surface area contributed by atoms with Crippen LogP contribution in [0.5, 0.6) is 0 Å². The van der Waals surface area contributed by atoms with E-state index in [0.29, 0.717) is 11.6 Å². The van der Waals surface area contributed by atoms with Crippen molar-refractivity contribution in [2.45, 2.75) is 22.1 Å². The first kappa shape index (κ1) is 23.7. The van der Waals surface area contributed by atoms with Crippen molar-refractivity contribution in [2.75, 3.05) is 12.4 Å². The molecule has 0 aliphatic rings. The number of amides is 1. The smallest absolute Gasteiger partial charge is 0.322 e. The number of thioether (sulfide) groups is 1. The van der Waals surface area contributed by atoms with Crippen LogP contribution in [0.1, 0.15) is 21.8 Å². The van der Waals surface area contributed by atoms with Crippen molar-refractivity contribution in [1.29, 1.82) is 0 Å². The quantitative estimate of drug-likeness (QED) is 0.343. The lowest BCUT2D eigenvalue weighted by atomic mass is 10.2. The molecule has 10 heteroatoms. The first-order valence-corrected chi connectivity index (χ1v) is 12.8.